The van der Waals surface area contributed by atoms with Crippen molar-refractivity contribution in [2.24, 2.45) is 0 Å². The van der Waals surface area contributed by atoms with Crippen molar-refractivity contribution in [1.82, 2.24) is 15.1 Å². The van der Waals surface area contributed by atoms with Crippen LogP contribution in [0.2, 0.25) is 0 Å². The molecule has 1 amide bonds. The van der Waals surface area contributed by atoms with Crippen molar-refractivity contribution in [2.75, 3.05) is 7.05 Å². The summed E-state index contributed by atoms with van der Waals surface area (Å²) in [5.41, 5.74) is 2.38. The van der Waals surface area contributed by atoms with E-state index in [2.05, 4.69) is 31.0 Å². The average Bonchev–Trinajstić information content (AvgIpc) is 3.09. The first-order valence-electron chi connectivity index (χ1n) is 8.68. The Morgan fingerprint density at radius 3 is 2.44 bits per heavy atom. The zero-order valence-corrected chi connectivity index (χ0v) is 15.9. The minimum absolute atomic E-state index is 0.0680. The van der Waals surface area contributed by atoms with Gasteiger partial charge in [0, 0.05) is 18.2 Å². The van der Waals surface area contributed by atoms with Crippen LogP contribution in [-0.2, 0) is 12.0 Å². The van der Waals surface area contributed by atoms with Crippen LogP contribution in [0.15, 0.2) is 52.9 Å². The number of hydrogen-bond donors (Lipinski definition) is 0. The molecule has 140 valence electrons. The number of carbonyl (C=O) groups is 1. The van der Waals surface area contributed by atoms with Crippen molar-refractivity contribution in [3.05, 3.63) is 71.4 Å². The minimum atomic E-state index is -0.451. The largest absolute Gasteiger partial charge is 0.419 e. The summed E-state index contributed by atoms with van der Waals surface area (Å²) in [5.74, 6) is -0.0500. The predicted molar refractivity (Wildman–Crippen MR) is 101 cm³/mol. The van der Waals surface area contributed by atoms with Gasteiger partial charge in [0.2, 0.25) is 11.8 Å². The van der Waals surface area contributed by atoms with E-state index in [-0.39, 0.29) is 23.4 Å². The third kappa shape index (κ3) is 4.39. The maximum Gasteiger partial charge on any atom is 0.254 e. The molecule has 5 nitrogen and oxygen atoms in total. The van der Waals surface area contributed by atoms with Gasteiger partial charge in [-0.15, -0.1) is 10.2 Å². The first kappa shape index (κ1) is 18.8. The normalized spacial score (nSPS) is 11.4. The highest BCUT2D eigenvalue weighted by atomic mass is 19.1. The average molecular weight is 367 g/mol. The molecule has 0 fully saturated rings. The second-order valence-corrected chi connectivity index (χ2v) is 7.50. The summed E-state index contributed by atoms with van der Waals surface area (Å²) in [6.07, 6.45) is 0. The molecule has 0 saturated carbocycles. The maximum absolute atomic E-state index is 13.3. The second kappa shape index (κ2) is 7.31. The van der Waals surface area contributed by atoms with E-state index in [1.807, 2.05) is 24.3 Å². The van der Waals surface area contributed by atoms with Gasteiger partial charge in [0.25, 0.3) is 5.91 Å². The topological polar surface area (TPSA) is 59.2 Å². The molecule has 0 N–H and O–H groups in total. The summed E-state index contributed by atoms with van der Waals surface area (Å²) in [7, 11) is 1.61. The van der Waals surface area contributed by atoms with Gasteiger partial charge in [-0.1, -0.05) is 39.0 Å². The molecule has 2 aromatic carbocycles. The molecule has 3 aromatic rings. The van der Waals surface area contributed by atoms with E-state index in [4.69, 9.17) is 4.42 Å². The number of benzene rings is 2. The fourth-order valence-corrected chi connectivity index (χ4v) is 2.66. The van der Waals surface area contributed by atoms with Crippen LogP contribution >= 0.6 is 0 Å². The van der Waals surface area contributed by atoms with E-state index in [0.29, 0.717) is 11.8 Å². The predicted octanol–water partition coefficient (Wildman–Crippen LogP) is 4.45. The third-order valence-electron chi connectivity index (χ3n) is 4.26. The van der Waals surface area contributed by atoms with E-state index in [9.17, 15) is 9.18 Å². The van der Waals surface area contributed by atoms with Crippen molar-refractivity contribution in [3.63, 3.8) is 0 Å². The van der Waals surface area contributed by atoms with Gasteiger partial charge in [0.05, 0.1) is 6.54 Å². The zero-order chi connectivity index (χ0) is 19.6. The monoisotopic (exact) mass is 367 g/mol. The van der Waals surface area contributed by atoms with Crippen molar-refractivity contribution in [1.29, 1.82) is 0 Å². The molecule has 0 saturated heterocycles. The highest BCUT2D eigenvalue weighted by Gasteiger charge is 2.17. The molecule has 0 bridgehead atoms. The van der Waals surface area contributed by atoms with Crippen molar-refractivity contribution in [3.8, 4) is 11.5 Å². The highest BCUT2D eigenvalue weighted by Crippen LogP contribution is 2.25. The van der Waals surface area contributed by atoms with E-state index < -0.39 is 5.82 Å². The lowest BCUT2D eigenvalue weighted by Crippen LogP contribution is -2.26. The van der Waals surface area contributed by atoms with Gasteiger partial charge in [-0.2, -0.15) is 0 Å². The lowest BCUT2D eigenvalue weighted by Gasteiger charge is -2.18. The van der Waals surface area contributed by atoms with E-state index in [1.54, 1.807) is 13.1 Å². The Bertz CT molecular complexity index is 943. The van der Waals surface area contributed by atoms with E-state index in [0.717, 1.165) is 5.56 Å². The quantitative estimate of drug-likeness (QED) is 0.684. The summed E-state index contributed by atoms with van der Waals surface area (Å²) in [5, 5.41) is 8.08. The fraction of sp³-hybridized carbons (Fsp3) is 0.286. The maximum atomic E-state index is 13.3. The second-order valence-electron chi connectivity index (χ2n) is 7.50. The Morgan fingerprint density at radius 1 is 1.11 bits per heavy atom. The number of halogens is 1. The third-order valence-corrected chi connectivity index (χ3v) is 4.26. The molecule has 0 aliphatic heterocycles. The molecule has 0 atom stereocenters. The smallest absolute Gasteiger partial charge is 0.254 e. The molecule has 3 rings (SSSR count). The van der Waals surface area contributed by atoms with E-state index in [1.165, 1.54) is 28.7 Å². The van der Waals surface area contributed by atoms with Crippen LogP contribution in [0.25, 0.3) is 11.5 Å². The summed E-state index contributed by atoms with van der Waals surface area (Å²) in [6.45, 7) is 6.59. The minimum Gasteiger partial charge on any atom is -0.419 e. The molecule has 0 unspecified atom stereocenters. The van der Waals surface area contributed by atoms with Crippen LogP contribution < -0.4 is 0 Å². The summed E-state index contributed by atoms with van der Waals surface area (Å²) >= 11 is 0. The zero-order valence-electron chi connectivity index (χ0n) is 15.9. The highest BCUT2D eigenvalue weighted by molar-refractivity contribution is 5.93. The Hall–Kier alpha value is -3.02. The van der Waals surface area contributed by atoms with Gasteiger partial charge >= 0.3 is 0 Å². The van der Waals surface area contributed by atoms with Crippen LogP contribution in [0.4, 0.5) is 4.39 Å². The van der Waals surface area contributed by atoms with Gasteiger partial charge in [-0.3, -0.25) is 4.79 Å². The van der Waals surface area contributed by atoms with Gasteiger partial charge in [-0.25, -0.2) is 4.39 Å². The van der Waals surface area contributed by atoms with Gasteiger partial charge in [0.15, 0.2) is 0 Å². The Balaban J connectivity index is 1.71. The van der Waals surface area contributed by atoms with Crippen LogP contribution in [0.3, 0.4) is 0 Å². The van der Waals surface area contributed by atoms with Crippen molar-refractivity contribution in [2.45, 2.75) is 32.7 Å². The standard InChI is InChI=1S/C21H22FN3O2/c1-21(2,3)16-10-8-14(9-11-16)19-24-23-18(27-19)13-25(4)20(26)15-6-5-7-17(22)12-15/h5-12H,13H2,1-4H3. The van der Waals surface area contributed by atoms with Crippen LogP contribution in [-0.4, -0.2) is 28.1 Å². The molecular weight excluding hydrogens is 345 g/mol. The number of nitrogens with zero attached hydrogens (tertiary/aromatic N) is 3. The lowest BCUT2D eigenvalue weighted by molar-refractivity contribution is 0.0772. The molecule has 0 aliphatic rings. The number of amides is 1. The van der Waals surface area contributed by atoms with Crippen LogP contribution in [0, 0.1) is 5.82 Å². The Morgan fingerprint density at radius 2 is 1.81 bits per heavy atom. The van der Waals surface area contributed by atoms with Crippen LogP contribution in [0.5, 0.6) is 0 Å². The number of carbonyl (C=O) groups excluding carboxylic acids is 1. The number of rotatable bonds is 4. The summed E-state index contributed by atoms with van der Waals surface area (Å²) in [4.78, 5) is 13.8. The first-order valence-corrected chi connectivity index (χ1v) is 8.68. The summed E-state index contributed by atoms with van der Waals surface area (Å²) < 4.78 is 19.0. The van der Waals surface area contributed by atoms with Gasteiger partial charge in [-0.05, 0) is 41.3 Å². The molecule has 27 heavy (non-hydrogen) atoms. The molecule has 0 radical (unpaired) electrons. The van der Waals surface area contributed by atoms with Crippen molar-refractivity contribution >= 4 is 5.91 Å². The first-order chi connectivity index (χ1) is 12.7. The molecule has 0 aliphatic carbocycles. The molecule has 6 heteroatoms. The molecular formula is C21H22FN3O2. The summed E-state index contributed by atoms with van der Waals surface area (Å²) in [6, 6.07) is 13.5. The fourth-order valence-electron chi connectivity index (χ4n) is 2.66. The van der Waals surface area contributed by atoms with Gasteiger partial charge in [0.1, 0.15) is 5.82 Å². The number of aromatic nitrogens is 2. The lowest BCUT2D eigenvalue weighted by atomic mass is 9.87. The van der Waals surface area contributed by atoms with Crippen LogP contribution in [0.1, 0.15) is 42.6 Å². The molecule has 0 spiro atoms. The Labute approximate surface area is 157 Å². The van der Waals surface area contributed by atoms with Crippen molar-refractivity contribution < 1.29 is 13.6 Å². The molecule has 1 heterocycles. The van der Waals surface area contributed by atoms with E-state index >= 15 is 0 Å². The SMILES string of the molecule is CN(Cc1nnc(-c2ccc(C(C)(C)C)cc2)o1)C(=O)c1cccc(F)c1. The van der Waals surface area contributed by atoms with Gasteiger partial charge < -0.3 is 9.32 Å². The molecule has 1 aromatic heterocycles. The Kier molecular flexibility index (Phi) is 5.08. The number of hydrogen-bond acceptors (Lipinski definition) is 4.